The molecule has 3 aromatic rings. The predicted octanol–water partition coefficient (Wildman–Crippen LogP) is 4.94. The molecular weight excluding hydrogens is 436 g/mol. The van der Waals surface area contributed by atoms with E-state index in [0.29, 0.717) is 23.6 Å². The quantitative estimate of drug-likeness (QED) is 0.568. The Morgan fingerprint density at radius 2 is 1.80 bits per heavy atom. The Labute approximate surface area is 185 Å². The molecule has 2 heterocycles. The number of anilines is 1. The maximum atomic E-state index is 13.0. The van der Waals surface area contributed by atoms with Crippen molar-refractivity contribution in [1.82, 2.24) is 4.31 Å². The van der Waals surface area contributed by atoms with E-state index in [1.807, 2.05) is 54.6 Å². The lowest BCUT2D eigenvalue weighted by Crippen LogP contribution is -2.43. The summed E-state index contributed by atoms with van der Waals surface area (Å²) in [5.41, 5.74) is 0.745. The molecule has 0 bridgehead atoms. The van der Waals surface area contributed by atoms with Crippen LogP contribution < -0.4 is 5.32 Å². The summed E-state index contributed by atoms with van der Waals surface area (Å²) in [6.45, 7) is 0.657. The third kappa shape index (κ3) is 4.78. The van der Waals surface area contributed by atoms with Gasteiger partial charge in [-0.25, -0.2) is 8.42 Å². The Bertz CT molecular complexity index is 1100. The number of hydrogen-bond acceptors (Lipinski definition) is 5. The summed E-state index contributed by atoms with van der Waals surface area (Å²) in [7, 11) is -3.54. The largest absolute Gasteiger partial charge is 0.325 e. The number of amides is 1. The second-order valence-electron chi connectivity index (χ2n) is 7.03. The van der Waals surface area contributed by atoms with Crippen molar-refractivity contribution in [2.45, 2.75) is 26.8 Å². The summed E-state index contributed by atoms with van der Waals surface area (Å²) in [6.07, 6.45) is 1.35. The van der Waals surface area contributed by atoms with E-state index in [2.05, 4.69) is 5.32 Å². The fraction of sp³-hybridized carbons (Fsp3) is 0.227. The Balaban J connectivity index is 1.47. The van der Waals surface area contributed by atoms with Crippen LogP contribution in [0.15, 0.2) is 86.1 Å². The minimum atomic E-state index is -3.54. The summed E-state index contributed by atoms with van der Waals surface area (Å²) in [6, 6.07) is 21.0. The Hall–Kier alpha value is -2.13. The van der Waals surface area contributed by atoms with Crippen molar-refractivity contribution >= 4 is 44.7 Å². The van der Waals surface area contributed by atoms with Gasteiger partial charge in [-0.05, 0) is 48.6 Å². The average molecular weight is 459 g/mol. The van der Waals surface area contributed by atoms with Gasteiger partial charge in [0.2, 0.25) is 5.91 Å². The lowest BCUT2D eigenvalue weighted by molar-refractivity contribution is -0.120. The molecule has 1 saturated heterocycles. The summed E-state index contributed by atoms with van der Waals surface area (Å²) < 4.78 is 27.4. The van der Waals surface area contributed by atoms with E-state index in [1.165, 1.54) is 15.6 Å². The van der Waals surface area contributed by atoms with Crippen LogP contribution in [0.2, 0.25) is 0 Å². The fourth-order valence-corrected chi connectivity index (χ4v) is 7.01. The predicted molar refractivity (Wildman–Crippen MR) is 121 cm³/mol. The minimum absolute atomic E-state index is 0.137. The molecule has 1 atom stereocenters. The number of thiophene rings is 1. The van der Waals surface area contributed by atoms with Crippen LogP contribution in [0.3, 0.4) is 0 Å². The molecule has 2 aromatic carbocycles. The third-order valence-corrected chi connectivity index (χ3v) is 9.28. The van der Waals surface area contributed by atoms with Crippen molar-refractivity contribution < 1.29 is 13.2 Å². The van der Waals surface area contributed by atoms with E-state index in [4.69, 9.17) is 0 Å². The van der Waals surface area contributed by atoms with E-state index in [-0.39, 0.29) is 18.4 Å². The molecule has 1 aliphatic rings. The van der Waals surface area contributed by atoms with Crippen molar-refractivity contribution in [2.75, 3.05) is 18.4 Å². The highest BCUT2D eigenvalue weighted by Gasteiger charge is 2.34. The number of para-hydroxylation sites is 1. The molecule has 4 rings (SSSR count). The molecule has 1 unspecified atom stereocenters. The van der Waals surface area contributed by atoms with Gasteiger partial charge in [0, 0.05) is 22.9 Å². The molecule has 5 nitrogen and oxygen atoms in total. The number of rotatable bonds is 6. The number of piperidine rings is 1. The normalized spacial score (nSPS) is 17.5. The Morgan fingerprint density at radius 1 is 1.03 bits per heavy atom. The zero-order valence-corrected chi connectivity index (χ0v) is 18.7. The van der Waals surface area contributed by atoms with Crippen molar-refractivity contribution in [3.8, 4) is 0 Å². The van der Waals surface area contributed by atoms with E-state index >= 15 is 0 Å². The van der Waals surface area contributed by atoms with Crippen molar-refractivity contribution in [3.63, 3.8) is 0 Å². The van der Waals surface area contributed by atoms with Gasteiger partial charge in [0.1, 0.15) is 4.21 Å². The number of nitrogens with one attached hydrogen (secondary N) is 1. The second kappa shape index (κ2) is 9.34. The van der Waals surface area contributed by atoms with Crippen LogP contribution >= 0.6 is 23.1 Å². The highest BCUT2D eigenvalue weighted by Crippen LogP contribution is 2.34. The first-order valence-corrected chi connectivity index (χ1v) is 12.8. The average Bonchev–Trinajstić information content (AvgIpc) is 3.32. The molecule has 0 spiro atoms. The number of benzene rings is 2. The monoisotopic (exact) mass is 458 g/mol. The highest BCUT2D eigenvalue weighted by molar-refractivity contribution is 7.99. The summed E-state index contributed by atoms with van der Waals surface area (Å²) in [5, 5.41) is 4.78. The summed E-state index contributed by atoms with van der Waals surface area (Å²) in [5.74, 6) is -0.509. The van der Waals surface area contributed by atoms with Crippen molar-refractivity contribution in [2.24, 2.45) is 5.92 Å². The minimum Gasteiger partial charge on any atom is -0.325 e. The van der Waals surface area contributed by atoms with Crippen LogP contribution in [0.1, 0.15) is 12.8 Å². The molecule has 8 heteroatoms. The SMILES string of the molecule is O=C(Nc1ccccc1Sc1ccccc1)C1CCCN(S(=O)(=O)c2cccs2)C1. The van der Waals surface area contributed by atoms with Gasteiger partial charge in [0.05, 0.1) is 11.6 Å². The number of hydrogen-bond donors (Lipinski definition) is 1. The first-order valence-electron chi connectivity index (χ1n) is 9.70. The Morgan fingerprint density at radius 3 is 2.57 bits per heavy atom. The zero-order chi connectivity index (χ0) is 21.0. The molecule has 1 fully saturated rings. The van der Waals surface area contributed by atoms with Gasteiger partial charge in [0.15, 0.2) is 0 Å². The van der Waals surface area contributed by atoms with Gasteiger partial charge in [-0.3, -0.25) is 4.79 Å². The highest BCUT2D eigenvalue weighted by atomic mass is 32.2. The summed E-state index contributed by atoms with van der Waals surface area (Å²) in [4.78, 5) is 15.0. The van der Waals surface area contributed by atoms with E-state index < -0.39 is 10.0 Å². The van der Waals surface area contributed by atoms with Crippen LogP contribution in [0.5, 0.6) is 0 Å². The first-order chi connectivity index (χ1) is 14.5. The zero-order valence-electron chi connectivity index (χ0n) is 16.2. The standard InChI is InChI=1S/C22H22N2O3S3/c25-22(17-8-6-14-24(16-17)30(26,27)21-13-7-15-28-21)23-19-11-4-5-12-20(19)29-18-9-2-1-3-10-18/h1-5,7,9-13,15,17H,6,8,14,16H2,(H,23,25). The van der Waals surface area contributed by atoms with Crippen molar-refractivity contribution in [1.29, 1.82) is 0 Å². The lowest BCUT2D eigenvalue weighted by Gasteiger charge is -2.31. The lowest BCUT2D eigenvalue weighted by atomic mass is 9.99. The molecule has 30 heavy (non-hydrogen) atoms. The van der Waals surface area contributed by atoms with Gasteiger partial charge >= 0.3 is 0 Å². The van der Waals surface area contributed by atoms with Gasteiger partial charge in [-0.15, -0.1) is 11.3 Å². The molecule has 0 saturated carbocycles. The molecule has 1 aliphatic heterocycles. The number of sulfonamides is 1. The van der Waals surface area contributed by atoms with E-state index in [1.54, 1.807) is 29.3 Å². The topological polar surface area (TPSA) is 66.5 Å². The van der Waals surface area contributed by atoms with Crippen LogP contribution in [0, 0.1) is 5.92 Å². The van der Waals surface area contributed by atoms with Gasteiger partial charge in [-0.2, -0.15) is 4.31 Å². The van der Waals surface area contributed by atoms with Crippen LogP contribution in [-0.4, -0.2) is 31.7 Å². The molecule has 0 aliphatic carbocycles. The number of carbonyl (C=O) groups is 1. The van der Waals surface area contributed by atoms with Crippen molar-refractivity contribution in [3.05, 3.63) is 72.1 Å². The smallest absolute Gasteiger partial charge is 0.252 e. The van der Waals surface area contributed by atoms with Gasteiger partial charge in [0.25, 0.3) is 10.0 Å². The van der Waals surface area contributed by atoms with E-state index in [9.17, 15) is 13.2 Å². The number of carbonyl (C=O) groups excluding carboxylic acids is 1. The van der Waals surface area contributed by atoms with Crippen LogP contribution in [-0.2, 0) is 14.8 Å². The first kappa shape index (κ1) is 21.1. The molecule has 1 amide bonds. The van der Waals surface area contributed by atoms with Crippen LogP contribution in [0.4, 0.5) is 5.69 Å². The molecule has 156 valence electrons. The number of nitrogens with zero attached hydrogens (tertiary/aromatic N) is 1. The van der Waals surface area contributed by atoms with Gasteiger partial charge < -0.3 is 5.32 Å². The van der Waals surface area contributed by atoms with Crippen LogP contribution in [0.25, 0.3) is 0 Å². The molecule has 1 aromatic heterocycles. The maximum Gasteiger partial charge on any atom is 0.252 e. The Kier molecular flexibility index (Phi) is 6.58. The fourth-order valence-electron chi connectivity index (χ4n) is 3.42. The second-order valence-corrected chi connectivity index (χ2v) is 11.3. The summed E-state index contributed by atoms with van der Waals surface area (Å²) >= 11 is 2.79. The molecule has 0 radical (unpaired) electrons. The third-order valence-electron chi connectivity index (χ3n) is 4.96. The van der Waals surface area contributed by atoms with E-state index in [0.717, 1.165) is 15.5 Å². The maximum absolute atomic E-state index is 13.0. The molecule has 1 N–H and O–H groups in total. The van der Waals surface area contributed by atoms with Gasteiger partial charge in [-0.1, -0.05) is 48.2 Å². The molecular formula is C22H22N2O3S3.